The van der Waals surface area contributed by atoms with E-state index in [4.69, 9.17) is 0 Å². The normalized spacial score (nSPS) is 13.9. The van der Waals surface area contributed by atoms with Gasteiger partial charge in [0.25, 0.3) is 0 Å². The van der Waals surface area contributed by atoms with Gasteiger partial charge in [-0.25, -0.2) is 0 Å². The standard InChI is InChI=1S/C10H23N/c1-5-9(6-2)10(7-3)8-11-4/h9-11H,5-8H2,1-4H3. The fraction of sp³-hybridized carbons (Fsp3) is 1.00. The number of nitrogens with one attached hydrogen (secondary N) is 1. The Bertz CT molecular complexity index is 76.9. The van der Waals surface area contributed by atoms with E-state index in [0.717, 1.165) is 11.8 Å². The van der Waals surface area contributed by atoms with Gasteiger partial charge in [-0.1, -0.05) is 40.0 Å². The van der Waals surface area contributed by atoms with Crippen molar-refractivity contribution in [2.75, 3.05) is 13.6 Å². The largest absolute Gasteiger partial charge is 0.319 e. The molecule has 0 aliphatic rings. The van der Waals surface area contributed by atoms with Crippen LogP contribution in [0, 0.1) is 11.8 Å². The number of hydrogen-bond donors (Lipinski definition) is 1. The summed E-state index contributed by atoms with van der Waals surface area (Å²) in [5, 5.41) is 3.27. The Labute approximate surface area is 71.6 Å². The van der Waals surface area contributed by atoms with Gasteiger partial charge in [-0.3, -0.25) is 0 Å². The smallest absolute Gasteiger partial charge is 0.00210 e. The van der Waals surface area contributed by atoms with E-state index >= 15 is 0 Å². The molecule has 11 heavy (non-hydrogen) atoms. The van der Waals surface area contributed by atoms with Crippen molar-refractivity contribution in [2.45, 2.75) is 40.0 Å². The number of hydrogen-bond acceptors (Lipinski definition) is 1. The molecule has 1 atom stereocenters. The summed E-state index contributed by atoms with van der Waals surface area (Å²) in [7, 11) is 2.05. The summed E-state index contributed by atoms with van der Waals surface area (Å²) in [4.78, 5) is 0. The molecule has 1 nitrogen and oxygen atoms in total. The maximum Gasteiger partial charge on any atom is -0.00210 e. The van der Waals surface area contributed by atoms with Crippen molar-refractivity contribution in [1.82, 2.24) is 5.32 Å². The predicted octanol–water partition coefficient (Wildman–Crippen LogP) is 2.67. The minimum Gasteiger partial charge on any atom is -0.319 e. The third-order valence-electron chi connectivity index (χ3n) is 2.71. The fourth-order valence-electron chi connectivity index (χ4n) is 1.86. The summed E-state index contributed by atoms with van der Waals surface area (Å²) < 4.78 is 0. The van der Waals surface area contributed by atoms with Crippen LogP contribution in [-0.2, 0) is 0 Å². The lowest BCUT2D eigenvalue weighted by Gasteiger charge is -2.23. The summed E-state index contributed by atoms with van der Waals surface area (Å²) >= 11 is 0. The average Bonchev–Trinajstić information content (AvgIpc) is 2.05. The molecule has 0 saturated carbocycles. The van der Waals surface area contributed by atoms with Crippen molar-refractivity contribution in [3.8, 4) is 0 Å². The Morgan fingerprint density at radius 1 is 0.909 bits per heavy atom. The van der Waals surface area contributed by atoms with Crippen LogP contribution in [0.3, 0.4) is 0 Å². The second-order valence-corrected chi connectivity index (χ2v) is 3.30. The van der Waals surface area contributed by atoms with E-state index in [-0.39, 0.29) is 0 Å². The molecule has 0 amide bonds. The van der Waals surface area contributed by atoms with Crippen molar-refractivity contribution in [3.05, 3.63) is 0 Å². The molecule has 1 N–H and O–H groups in total. The minimum absolute atomic E-state index is 0.884. The number of rotatable bonds is 6. The van der Waals surface area contributed by atoms with Crippen molar-refractivity contribution >= 4 is 0 Å². The zero-order chi connectivity index (χ0) is 8.69. The SMILES string of the molecule is CCC(CC)C(CC)CNC. The molecule has 0 fully saturated rings. The van der Waals surface area contributed by atoms with Gasteiger partial charge in [0.1, 0.15) is 0 Å². The molecule has 68 valence electrons. The zero-order valence-electron chi connectivity index (χ0n) is 8.48. The third-order valence-corrected chi connectivity index (χ3v) is 2.71. The highest BCUT2D eigenvalue weighted by molar-refractivity contribution is 4.67. The first-order valence-electron chi connectivity index (χ1n) is 4.94. The van der Waals surface area contributed by atoms with Gasteiger partial charge < -0.3 is 5.32 Å². The molecule has 0 heterocycles. The van der Waals surface area contributed by atoms with E-state index in [1.165, 1.54) is 25.8 Å². The van der Waals surface area contributed by atoms with Crippen LogP contribution >= 0.6 is 0 Å². The third kappa shape index (κ3) is 3.76. The van der Waals surface area contributed by atoms with Crippen LogP contribution in [0.2, 0.25) is 0 Å². The van der Waals surface area contributed by atoms with Crippen molar-refractivity contribution < 1.29 is 0 Å². The van der Waals surface area contributed by atoms with Gasteiger partial charge in [-0.05, 0) is 25.4 Å². The Balaban J connectivity index is 3.76. The molecular formula is C10H23N. The van der Waals surface area contributed by atoms with Crippen LogP contribution in [-0.4, -0.2) is 13.6 Å². The quantitative estimate of drug-likeness (QED) is 0.625. The lowest BCUT2D eigenvalue weighted by molar-refractivity contribution is 0.297. The summed E-state index contributed by atoms with van der Waals surface area (Å²) in [6.45, 7) is 8.07. The fourth-order valence-corrected chi connectivity index (χ4v) is 1.86. The van der Waals surface area contributed by atoms with Gasteiger partial charge in [-0.15, -0.1) is 0 Å². The van der Waals surface area contributed by atoms with Gasteiger partial charge in [-0.2, -0.15) is 0 Å². The average molecular weight is 157 g/mol. The van der Waals surface area contributed by atoms with Crippen molar-refractivity contribution in [2.24, 2.45) is 11.8 Å². The molecule has 0 aromatic rings. The lowest BCUT2D eigenvalue weighted by Crippen LogP contribution is -2.24. The first kappa shape index (κ1) is 11.0. The molecule has 0 spiro atoms. The van der Waals surface area contributed by atoms with E-state index in [1.54, 1.807) is 0 Å². The summed E-state index contributed by atoms with van der Waals surface area (Å²) in [6, 6.07) is 0. The summed E-state index contributed by atoms with van der Waals surface area (Å²) in [6.07, 6.45) is 3.97. The molecule has 0 bridgehead atoms. The van der Waals surface area contributed by atoms with Crippen LogP contribution in [0.15, 0.2) is 0 Å². The van der Waals surface area contributed by atoms with Gasteiger partial charge >= 0.3 is 0 Å². The molecule has 1 heteroatoms. The highest BCUT2D eigenvalue weighted by Gasteiger charge is 2.14. The van der Waals surface area contributed by atoms with E-state index in [1.807, 2.05) is 7.05 Å². The van der Waals surface area contributed by atoms with Crippen LogP contribution < -0.4 is 5.32 Å². The second kappa shape index (κ2) is 6.66. The van der Waals surface area contributed by atoms with Gasteiger partial charge in [0.15, 0.2) is 0 Å². The second-order valence-electron chi connectivity index (χ2n) is 3.30. The molecule has 0 saturated heterocycles. The maximum atomic E-state index is 3.27. The molecule has 0 aromatic heterocycles. The van der Waals surface area contributed by atoms with Gasteiger partial charge in [0.2, 0.25) is 0 Å². The lowest BCUT2D eigenvalue weighted by atomic mass is 9.86. The molecule has 0 aromatic carbocycles. The molecule has 0 aliphatic heterocycles. The van der Waals surface area contributed by atoms with Crippen LogP contribution in [0.25, 0.3) is 0 Å². The Morgan fingerprint density at radius 3 is 1.64 bits per heavy atom. The first-order chi connectivity index (χ1) is 5.29. The monoisotopic (exact) mass is 157 g/mol. The van der Waals surface area contributed by atoms with Crippen LogP contribution in [0.1, 0.15) is 40.0 Å². The van der Waals surface area contributed by atoms with Crippen LogP contribution in [0.5, 0.6) is 0 Å². The highest BCUT2D eigenvalue weighted by atomic mass is 14.8. The van der Waals surface area contributed by atoms with E-state index in [9.17, 15) is 0 Å². The molecule has 0 rings (SSSR count). The Morgan fingerprint density at radius 2 is 1.36 bits per heavy atom. The topological polar surface area (TPSA) is 12.0 Å². The highest BCUT2D eigenvalue weighted by Crippen LogP contribution is 2.21. The van der Waals surface area contributed by atoms with Crippen LogP contribution in [0.4, 0.5) is 0 Å². The van der Waals surface area contributed by atoms with E-state index in [2.05, 4.69) is 26.1 Å². The zero-order valence-corrected chi connectivity index (χ0v) is 8.48. The molecule has 0 radical (unpaired) electrons. The van der Waals surface area contributed by atoms with E-state index < -0.39 is 0 Å². The summed E-state index contributed by atoms with van der Waals surface area (Å²) in [5.41, 5.74) is 0. The van der Waals surface area contributed by atoms with Crippen molar-refractivity contribution in [3.63, 3.8) is 0 Å². The maximum absolute atomic E-state index is 3.27. The molecule has 0 aliphatic carbocycles. The predicted molar refractivity (Wildman–Crippen MR) is 51.8 cm³/mol. The van der Waals surface area contributed by atoms with Crippen molar-refractivity contribution in [1.29, 1.82) is 0 Å². The Kier molecular flexibility index (Phi) is 6.63. The van der Waals surface area contributed by atoms with Gasteiger partial charge in [0.05, 0.1) is 0 Å². The van der Waals surface area contributed by atoms with E-state index in [0.29, 0.717) is 0 Å². The molecular weight excluding hydrogens is 134 g/mol. The van der Waals surface area contributed by atoms with Gasteiger partial charge in [0, 0.05) is 0 Å². The Hall–Kier alpha value is -0.0400. The first-order valence-corrected chi connectivity index (χ1v) is 4.94. The minimum atomic E-state index is 0.884. The molecule has 1 unspecified atom stereocenters. The summed E-state index contributed by atoms with van der Waals surface area (Å²) in [5.74, 6) is 1.81.